The Kier molecular flexibility index (Phi) is 3.87. The second-order valence-corrected chi connectivity index (χ2v) is 4.85. The molecule has 0 amide bonds. The first-order valence-corrected chi connectivity index (χ1v) is 6.84. The molecule has 0 aliphatic rings. The number of pyridine rings is 1. The van der Waals surface area contributed by atoms with Crippen LogP contribution in [0.2, 0.25) is 0 Å². The second-order valence-electron chi connectivity index (χ2n) is 4.85. The molecule has 0 atom stereocenters. The molecule has 0 saturated carbocycles. The van der Waals surface area contributed by atoms with E-state index in [0.717, 1.165) is 17.9 Å². The average molecular weight is 276 g/mol. The molecule has 0 bridgehead atoms. The molecule has 0 fully saturated rings. The average Bonchev–Trinajstić information content (AvgIpc) is 2.54. The summed E-state index contributed by atoms with van der Waals surface area (Å²) in [7, 11) is 0. The summed E-state index contributed by atoms with van der Waals surface area (Å²) >= 11 is 0. The van der Waals surface area contributed by atoms with Gasteiger partial charge in [-0.2, -0.15) is 0 Å². The molecular weight excluding hydrogens is 260 g/mol. The fourth-order valence-electron chi connectivity index (χ4n) is 2.11. The Hall–Kier alpha value is -2.75. The van der Waals surface area contributed by atoms with Crippen LogP contribution in [0.4, 0.5) is 5.82 Å². The Morgan fingerprint density at radius 1 is 1.05 bits per heavy atom. The molecule has 0 aliphatic heterocycles. The van der Waals surface area contributed by atoms with Crippen molar-refractivity contribution >= 4 is 5.82 Å². The summed E-state index contributed by atoms with van der Waals surface area (Å²) < 4.78 is 0. The van der Waals surface area contributed by atoms with Crippen molar-refractivity contribution < 1.29 is 0 Å². The van der Waals surface area contributed by atoms with Crippen LogP contribution in [0.25, 0.3) is 11.4 Å². The standard InChI is InChI=1S/C17H16N4/c1-13-4-2-5-14(10-13)11-20-16-7-9-19-17(21-16)15-6-3-8-18-12-15/h2-10,12H,11H2,1H3,(H,19,20,21). The minimum Gasteiger partial charge on any atom is -0.366 e. The van der Waals surface area contributed by atoms with E-state index >= 15 is 0 Å². The lowest BCUT2D eigenvalue weighted by Gasteiger charge is -2.07. The van der Waals surface area contributed by atoms with Gasteiger partial charge < -0.3 is 5.32 Å². The van der Waals surface area contributed by atoms with Gasteiger partial charge in [0.05, 0.1) is 0 Å². The molecule has 21 heavy (non-hydrogen) atoms. The first-order chi connectivity index (χ1) is 10.3. The fourth-order valence-corrected chi connectivity index (χ4v) is 2.11. The first-order valence-electron chi connectivity index (χ1n) is 6.84. The van der Waals surface area contributed by atoms with Crippen molar-refractivity contribution in [2.45, 2.75) is 13.5 Å². The summed E-state index contributed by atoms with van der Waals surface area (Å²) in [6.07, 6.45) is 5.26. The zero-order valence-corrected chi connectivity index (χ0v) is 11.8. The fraction of sp³-hybridized carbons (Fsp3) is 0.118. The SMILES string of the molecule is Cc1cccc(CNc2ccnc(-c3cccnc3)n2)c1. The van der Waals surface area contributed by atoms with Gasteiger partial charge in [0.15, 0.2) is 5.82 Å². The van der Waals surface area contributed by atoms with Crippen molar-refractivity contribution in [2.24, 2.45) is 0 Å². The van der Waals surface area contributed by atoms with E-state index in [-0.39, 0.29) is 0 Å². The number of hydrogen-bond acceptors (Lipinski definition) is 4. The number of nitrogens with one attached hydrogen (secondary N) is 1. The molecule has 1 aromatic carbocycles. The van der Waals surface area contributed by atoms with Gasteiger partial charge in [-0.05, 0) is 30.7 Å². The molecule has 0 aliphatic carbocycles. The maximum Gasteiger partial charge on any atom is 0.163 e. The third-order valence-corrected chi connectivity index (χ3v) is 3.13. The van der Waals surface area contributed by atoms with Gasteiger partial charge in [-0.15, -0.1) is 0 Å². The largest absolute Gasteiger partial charge is 0.366 e. The van der Waals surface area contributed by atoms with Crippen LogP contribution in [0.3, 0.4) is 0 Å². The monoisotopic (exact) mass is 276 g/mol. The lowest BCUT2D eigenvalue weighted by Crippen LogP contribution is -2.02. The highest BCUT2D eigenvalue weighted by molar-refractivity contribution is 5.55. The van der Waals surface area contributed by atoms with Crippen LogP contribution >= 0.6 is 0 Å². The van der Waals surface area contributed by atoms with Gasteiger partial charge in [0.2, 0.25) is 0 Å². The van der Waals surface area contributed by atoms with Crippen LogP contribution in [0.15, 0.2) is 61.1 Å². The molecule has 2 aromatic heterocycles. The van der Waals surface area contributed by atoms with Crippen molar-refractivity contribution in [3.8, 4) is 11.4 Å². The Morgan fingerprint density at radius 3 is 2.81 bits per heavy atom. The van der Waals surface area contributed by atoms with E-state index in [1.54, 1.807) is 18.6 Å². The van der Waals surface area contributed by atoms with Gasteiger partial charge in [0.1, 0.15) is 5.82 Å². The summed E-state index contributed by atoms with van der Waals surface area (Å²) in [5.74, 6) is 1.49. The Balaban J connectivity index is 1.75. The number of nitrogens with zero attached hydrogens (tertiary/aromatic N) is 3. The predicted molar refractivity (Wildman–Crippen MR) is 83.8 cm³/mol. The van der Waals surface area contributed by atoms with E-state index in [4.69, 9.17) is 0 Å². The lowest BCUT2D eigenvalue weighted by molar-refractivity contribution is 1.08. The third-order valence-electron chi connectivity index (χ3n) is 3.13. The van der Waals surface area contributed by atoms with E-state index < -0.39 is 0 Å². The summed E-state index contributed by atoms with van der Waals surface area (Å²) in [5.41, 5.74) is 3.40. The van der Waals surface area contributed by atoms with Crippen LogP contribution in [0.5, 0.6) is 0 Å². The van der Waals surface area contributed by atoms with Crippen molar-refractivity contribution in [1.29, 1.82) is 0 Å². The minimum atomic E-state index is 0.678. The van der Waals surface area contributed by atoms with Crippen molar-refractivity contribution in [1.82, 2.24) is 15.0 Å². The molecule has 4 nitrogen and oxygen atoms in total. The lowest BCUT2D eigenvalue weighted by atomic mass is 10.1. The van der Waals surface area contributed by atoms with Crippen molar-refractivity contribution in [2.75, 3.05) is 5.32 Å². The molecule has 3 rings (SSSR count). The van der Waals surface area contributed by atoms with E-state index in [1.165, 1.54) is 11.1 Å². The molecule has 104 valence electrons. The quantitative estimate of drug-likeness (QED) is 0.793. The molecule has 1 N–H and O–H groups in total. The van der Waals surface area contributed by atoms with Crippen molar-refractivity contribution in [3.05, 3.63) is 72.2 Å². The van der Waals surface area contributed by atoms with Crippen LogP contribution in [-0.2, 0) is 6.54 Å². The number of aromatic nitrogens is 3. The second kappa shape index (κ2) is 6.13. The maximum absolute atomic E-state index is 4.52. The molecular formula is C17H16N4. The summed E-state index contributed by atoms with van der Waals surface area (Å²) in [6.45, 7) is 2.83. The highest BCUT2D eigenvalue weighted by Crippen LogP contribution is 2.15. The highest BCUT2D eigenvalue weighted by atomic mass is 15.0. The Labute approximate surface area is 123 Å². The minimum absolute atomic E-state index is 0.678. The molecule has 0 radical (unpaired) electrons. The van der Waals surface area contributed by atoms with Gasteiger partial charge in [0, 0.05) is 30.7 Å². The number of aryl methyl sites for hydroxylation is 1. The molecule has 0 spiro atoms. The highest BCUT2D eigenvalue weighted by Gasteiger charge is 2.02. The topological polar surface area (TPSA) is 50.7 Å². The van der Waals surface area contributed by atoms with E-state index in [9.17, 15) is 0 Å². The Bertz CT molecular complexity index is 726. The third kappa shape index (κ3) is 3.42. The number of anilines is 1. The summed E-state index contributed by atoms with van der Waals surface area (Å²) in [5, 5.41) is 3.33. The molecule has 2 heterocycles. The van der Waals surface area contributed by atoms with Crippen LogP contribution in [0.1, 0.15) is 11.1 Å². The zero-order valence-electron chi connectivity index (χ0n) is 11.8. The summed E-state index contributed by atoms with van der Waals surface area (Å²) in [4.78, 5) is 12.9. The maximum atomic E-state index is 4.52. The van der Waals surface area contributed by atoms with Crippen LogP contribution in [-0.4, -0.2) is 15.0 Å². The molecule has 3 aromatic rings. The van der Waals surface area contributed by atoms with Gasteiger partial charge in [0.25, 0.3) is 0 Å². The van der Waals surface area contributed by atoms with Gasteiger partial charge in [-0.1, -0.05) is 29.8 Å². The number of rotatable bonds is 4. The number of hydrogen-bond donors (Lipinski definition) is 1. The molecule has 0 unspecified atom stereocenters. The Morgan fingerprint density at radius 2 is 2.00 bits per heavy atom. The zero-order chi connectivity index (χ0) is 14.5. The molecule has 4 heteroatoms. The summed E-state index contributed by atoms with van der Waals surface area (Å²) in [6, 6.07) is 14.1. The van der Waals surface area contributed by atoms with Gasteiger partial charge in [-0.3, -0.25) is 4.98 Å². The first kappa shape index (κ1) is 13.2. The van der Waals surface area contributed by atoms with E-state index in [1.807, 2.05) is 18.2 Å². The van der Waals surface area contributed by atoms with Crippen LogP contribution in [0, 0.1) is 6.92 Å². The smallest absolute Gasteiger partial charge is 0.163 e. The van der Waals surface area contributed by atoms with E-state index in [0.29, 0.717) is 5.82 Å². The normalized spacial score (nSPS) is 10.3. The van der Waals surface area contributed by atoms with Gasteiger partial charge >= 0.3 is 0 Å². The van der Waals surface area contributed by atoms with Crippen LogP contribution < -0.4 is 5.32 Å². The number of benzene rings is 1. The predicted octanol–water partition coefficient (Wildman–Crippen LogP) is 3.46. The van der Waals surface area contributed by atoms with Gasteiger partial charge in [-0.25, -0.2) is 9.97 Å². The van der Waals surface area contributed by atoms with Crippen molar-refractivity contribution in [3.63, 3.8) is 0 Å². The molecule has 0 saturated heterocycles. The van der Waals surface area contributed by atoms with E-state index in [2.05, 4.69) is 51.5 Å².